The van der Waals surface area contributed by atoms with Crippen LogP contribution in [0.1, 0.15) is 12.5 Å². The molecular weight excluding hydrogens is 374 g/mol. The molecule has 0 bridgehead atoms. The Morgan fingerprint density at radius 3 is 2.69 bits per heavy atom. The second-order valence-electron chi connectivity index (χ2n) is 5.67. The van der Waals surface area contributed by atoms with E-state index < -0.39 is 10.9 Å². The average Bonchev–Trinajstić information content (AvgIpc) is 2.99. The zero-order valence-electron chi connectivity index (χ0n) is 14.2. The number of benzene rings is 2. The van der Waals surface area contributed by atoms with Crippen molar-refractivity contribution in [1.82, 2.24) is 5.27 Å². The summed E-state index contributed by atoms with van der Waals surface area (Å²) in [6, 6.07) is 14.5. The molecular formula is C18H17ClN3O3S+. The summed E-state index contributed by atoms with van der Waals surface area (Å²) >= 11 is 7.20. The number of hydrogen-bond donors (Lipinski definition) is 2. The first-order chi connectivity index (χ1) is 12.5. The minimum absolute atomic E-state index is 0.241. The van der Waals surface area contributed by atoms with Gasteiger partial charge in [0, 0.05) is 22.8 Å². The van der Waals surface area contributed by atoms with Crippen molar-refractivity contribution in [2.45, 2.75) is 24.1 Å². The number of nitrogens with zero attached hydrogens (tertiary/aromatic N) is 1. The van der Waals surface area contributed by atoms with Gasteiger partial charge in [-0.2, -0.15) is 0 Å². The zero-order valence-corrected chi connectivity index (χ0v) is 15.7. The molecule has 0 aliphatic rings. The Morgan fingerprint density at radius 2 is 2.00 bits per heavy atom. The van der Waals surface area contributed by atoms with Crippen LogP contribution in [0.3, 0.4) is 0 Å². The molecule has 26 heavy (non-hydrogen) atoms. The number of hydrogen-bond acceptors (Lipinski definition) is 4. The fraction of sp³-hybridized carbons (Fsp3) is 0.167. The number of carbonyl (C=O) groups is 1. The quantitative estimate of drug-likeness (QED) is 0.517. The number of amides is 1. The predicted molar refractivity (Wildman–Crippen MR) is 101 cm³/mol. The molecule has 1 atom stereocenters. The van der Waals surface area contributed by atoms with Crippen molar-refractivity contribution < 1.29 is 14.0 Å². The number of anilines is 1. The number of para-hydroxylation sites is 1. The highest BCUT2D eigenvalue weighted by Gasteiger charge is 2.28. The zero-order chi connectivity index (χ0) is 18.7. The fourth-order valence-electron chi connectivity index (χ4n) is 2.25. The number of aryl methyl sites for hydroxylation is 1. The third-order valence-corrected chi connectivity index (χ3v) is 5.27. The number of thioether (sulfide) groups is 1. The van der Waals surface area contributed by atoms with E-state index in [2.05, 4.69) is 10.6 Å². The first-order valence-corrected chi connectivity index (χ1v) is 9.14. The molecule has 3 aromatic rings. The monoisotopic (exact) mass is 390 g/mol. The maximum Gasteiger partial charge on any atom is 0.442 e. The molecule has 1 unspecified atom stereocenters. The van der Waals surface area contributed by atoms with Crippen molar-refractivity contribution in [3.05, 3.63) is 69.5 Å². The third-order valence-electron chi connectivity index (χ3n) is 3.72. The van der Waals surface area contributed by atoms with Crippen LogP contribution < -0.4 is 15.6 Å². The van der Waals surface area contributed by atoms with Crippen LogP contribution in [0.15, 0.2) is 62.9 Å². The van der Waals surface area contributed by atoms with Crippen LogP contribution in [-0.2, 0) is 4.79 Å². The Balaban J connectivity index is 1.76. The van der Waals surface area contributed by atoms with Crippen molar-refractivity contribution in [3.8, 4) is 5.69 Å². The Hall–Kier alpha value is -2.51. The van der Waals surface area contributed by atoms with Crippen molar-refractivity contribution in [2.24, 2.45) is 0 Å². The lowest BCUT2D eigenvalue weighted by Crippen LogP contribution is -2.37. The van der Waals surface area contributed by atoms with Crippen LogP contribution >= 0.6 is 23.4 Å². The highest BCUT2D eigenvalue weighted by Crippen LogP contribution is 2.23. The number of rotatable bonds is 5. The SMILES string of the molecule is Cc1ccc(NC(=O)C(C)Sc2c(=O)o[nH][n+]2-c2ccccc2)cc1Cl. The highest BCUT2D eigenvalue weighted by molar-refractivity contribution is 8.00. The van der Waals surface area contributed by atoms with Gasteiger partial charge in [-0.1, -0.05) is 35.9 Å². The van der Waals surface area contributed by atoms with Gasteiger partial charge in [0.05, 0.1) is 5.25 Å². The van der Waals surface area contributed by atoms with Crippen LogP contribution in [0.2, 0.25) is 5.02 Å². The van der Waals surface area contributed by atoms with Crippen molar-refractivity contribution in [3.63, 3.8) is 0 Å². The second kappa shape index (κ2) is 7.80. The van der Waals surface area contributed by atoms with E-state index in [0.29, 0.717) is 15.7 Å². The molecule has 3 rings (SSSR count). The molecule has 0 saturated heterocycles. The smallest absolute Gasteiger partial charge is 0.325 e. The van der Waals surface area contributed by atoms with Crippen LogP contribution in [0.4, 0.5) is 5.69 Å². The van der Waals surface area contributed by atoms with E-state index >= 15 is 0 Å². The molecule has 0 aliphatic carbocycles. The molecule has 0 radical (unpaired) electrons. The van der Waals surface area contributed by atoms with Crippen molar-refractivity contribution >= 4 is 35.0 Å². The van der Waals surface area contributed by atoms with Gasteiger partial charge >= 0.3 is 10.7 Å². The van der Waals surface area contributed by atoms with Crippen LogP contribution in [0.25, 0.3) is 5.69 Å². The number of halogens is 1. The summed E-state index contributed by atoms with van der Waals surface area (Å²) in [4.78, 5) is 24.5. The Bertz CT molecular complexity index is 985. The normalized spacial score (nSPS) is 12.0. The minimum Gasteiger partial charge on any atom is -0.325 e. The molecule has 1 aromatic heterocycles. The summed E-state index contributed by atoms with van der Waals surface area (Å²) in [6.07, 6.45) is 0. The molecule has 0 fully saturated rings. The highest BCUT2D eigenvalue weighted by atomic mass is 35.5. The molecule has 0 aliphatic heterocycles. The van der Waals surface area contributed by atoms with Crippen molar-refractivity contribution in [1.29, 1.82) is 0 Å². The van der Waals surface area contributed by atoms with Crippen LogP contribution in [0.5, 0.6) is 0 Å². The number of nitrogens with one attached hydrogen (secondary N) is 2. The lowest BCUT2D eigenvalue weighted by molar-refractivity contribution is -0.704. The average molecular weight is 391 g/mol. The summed E-state index contributed by atoms with van der Waals surface area (Å²) in [5, 5.41) is 5.71. The van der Waals surface area contributed by atoms with Gasteiger partial charge in [0.25, 0.3) is 0 Å². The van der Waals surface area contributed by atoms with Gasteiger partial charge in [0.15, 0.2) is 0 Å². The molecule has 6 nitrogen and oxygen atoms in total. The van der Waals surface area contributed by atoms with Crippen LogP contribution in [-0.4, -0.2) is 16.4 Å². The summed E-state index contributed by atoms with van der Waals surface area (Å²) < 4.78 is 6.40. The maximum atomic E-state index is 12.5. The topological polar surface area (TPSA) is 79.0 Å². The first kappa shape index (κ1) is 18.3. The standard InChI is InChI=1S/C18H16ClN3O3S/c1-11-8-9-13(10-15(11)19)20-16(23)12(2)26-17-18(24)25-21-22(17)14-6-4-3-5-7-14/h3-10,12H,1-2H3,(H-,20,21,23,24)/p+1. The molecule has 2 aromatic carbocycles. The summed E-state index contributed by atoms with van der Waals surface area (Å²) in [5.74, 6) is -0.241. The minimum atomic E-state index is -0.531. The maximum absolute atomic E-state index is 12.5. The van der Waals surface area contributed by atoms with Gasteiger partial charge in [0.1, 0.15) is 0 Å². The molecule has 1 heterocycles. The molecule has 0 saturated carbocycles. The largest absolute Gasteiger partial charge is 0.442 e. The summed E-state index contributed by atoms with van der Waals surface area (Å²) in [5.41, 5.74) is 1.74. The Morgan fingerprint density at radius 1 is 1.27 bits per heavy atom. The van der Waals surface area contributed by atoms with E-state index in [4.69, 9.17) is 16.1 Å². The third kappa shape index (κ3) is 4.00. The van der Waals surface area contributed by atoms with E-state index in [0.717, 1.165) is 23.0 Å². The van der Waals surface area contributed by atoms with Gasteiger partial charge in [-0.15, -0.1) is 0 Å². The van der Waals surface area contributed by atoms with Gasteiger partial charge < -0.3 is 5.32 Å². The van der Waals surface area contributed by atoms with Gasteiger partial charge in [-0.3, -0.25) is 9.32 Å². The second-order valence-corrected chi connectivity index (χ2v) is 7.41. The molecule has 1 amide bonds. The Labute approximate surface area is 159 Å². The van der Waals surface area contributed by atoms with Gasteiger partial charge in [0.2, 0.25) is 11.6 Å². The summed E-state index contributed by atoms with van der Waals surface area (Å²) in [7, 11) is 0. The van der Waals surface area contributed by atoms with Gasteiger partial charge in [-0.25, -0.2) is 4.79 Å². The molecule has 2 N–H and O–H groups in total. The van der Waals surface area contributed by atoms with Crippen LogP contribution in [0, 0.1) is 6.92 Å². The fourth-order valence-corrected chi connectivity index (χ4v) is 3.31. The molecule has 8 heteroatoms. The summed E-state index contributed by atoms with van der Waals surface area (Å²) in [6.45, 7) is 3.61. The Kier molecular flexibility index (Phi) is 5.49. The first-order valence-electron chi connectivity index (χ1n) is 7.88. The van der Waals surface area contributed by atoms with E-state index in [1.165, 1.54) is 4.68 Å². The number of aromatic nitrogens is 2. The van der Waals surface area contributed by atoms with Crippen molar-refractivity contribution in [2.75, 3.05) is 5.32 Å². The van der Waals surface area contributed by atoms with E-state index in [1.807, 2.05) is 43.3 Å². The molecule has 134 valence electrons. The predicted octanol–water partition coefficient (Wildman–Crippen LogP) is 3.33. The molecule has 0 spiro atoms. The number of H-pyrrole nitrogens is 1. The number of aromatic amines is 1. The number of carbonyl (C=O) groups excluding carboxylic acids is 1. The lowest BCUT2D eigenvalue weighted by atomic mass is 10.2. The van der Waals surface area contributed by atoms with E-state index in [9.17, 15) is 9.59 Å². The van der Waals surface area contributed by atoms with Gasteiger partial charge in [-0.05, 0) is 53.3 Å². The van der Waals surface area contributed by atoms with E-state index in [-0.39, 0.29) is 5.91 Å². The lowest BCUT2D eigenvalue weighted by Gasteiger charge is -2.10. The van der Waals surface area contributed by atoms with E-state index in [1.54, 1.807) is 19.1 Å².